The van der Waals surface area contributed by atoms with Crippen LogP contribution in [-0.2, 0) is 0 Å². The maximum atomic E-state index is 2.38. The van der Waals surface area contributed by atoms with Crippen molar-refractivity contribution >= 4 is 0 Å². The summed E-state index contributed by atoms with van der Waals surface area (Å²) in [6.45, 7) is 7.00. The van der Waals surface area contributed by atoms with Crippen LogP contribution >= 0.6 is 0 Å². The molecule has 0 aromatic rings. The van der Waals surface area contributed by atoms with E-state index in [-0.39, 0.29) is 0 Å². The van der Waals surface area contributed by atoms with Crippen molar-refractivity contribution in [2.45, 2.75) is 39.2 Å². The SMILES string of the molecule is CC(C)C[C@H]1C[C@@]1(C)N(C)C. The summed E-state index contributed by atoms with van der Waals surface area (Å²) in [7, 11) is 4.39. The standard InChI is InChI=1S/C10H21N/c1-8(2)6-9-7-10(9,3)11(4)5/h8-9H,6-7H2,1-5H3/t9-,10+/m0/s1. The second-order valence-corrected chi connectivity index (χ2v) is 4.78. The highest BCUT2D eigenvalue weighted by Gasteiger charge is 2.51. The van der Waals surface area contributed by atoms with Crippen LogP contribution in [0, 0.1) is 11.8 Å². The lowest BCUT2D eigenvalue weighted by Gasteiger charge is -2.21. The molecule has 66 valence electrons. The van der Waals surface area contributed by atoms with Gasteiger partial charge in [0.1, 0.15) is 0 Å². The molecule has 0 N–H and O–H groups in total. The molecule has 1 rings (SSSR count). The minimum Gasteiger partial charge on any atom is -0.304 e. The van der Waals surface area contributed by atoms with Gasteiger partial charge in [0.25, 0.3) is 0 Å². The van der Waals surface area contributed by atoms with Crippen molar-refractivity contribution in [1.29, 1.82) is 0 Å². The third kappa shape index (κ3) is 1.76. The zero-order valence-corrected chi connectivity index (χ0v) is 8.52. The van der Waals surface area contributed by atoms with E-state index in [1.54, 1.807) is 0 Å². The average molecular weight is 155 g/mol. The Hall–Kier alpha value is -0.0400. The van der Waals surface area contributed by atoms with Crippen LogP contribution < -0.4 is 0 Å². The molecule has 0 unspecified atom stereocenters. The van der Waals surface area contributed by atoms with Crippen molar-refractivity contribution < 1.29 is 0 Å². The van der Waals surface area contributed by atoms with Crippen molar-refractivity contribution in [3.8, 4) is 0 Å². The molecular weight excluding hydrogens is 134 g/mol. The molecule has 0 radical (unpaired) electrons. The van der Waals surface area contributed by atoms with E-state index < -0.39 is 0 Å². The summed E-state index contributed by atoms with van der Waals surface area (Å²) in [6, 6.07) is 0. The van der Waals surface area contributed by atoms with Crippen LogP contribution in [0.3, 0.4) is 0 Å². The van der Waals surface area contributed by atoms with Gasteiger partial charge in [-0.3, -0.25) is 0 Å². The highest BCUT2D eigenvalue weighted by molar-refractivity contribution is 5.06. The van der Waals surface area contributed by atoms with E-state index in [0.29, 0.717) is 5.54 Å². The summed E-state index contributed by atoms with van der Waals surface area (Å²) < 4.78 is 0. The Kier molecular flexibility index (Phi) is 2.29. The molecule has 11 heavy (non-hydrogen) atoms. The van der Waals surface area contributed by atoms with Gasteiger partial charge in [0.05, 0.1) is 0 Å². The van der Waals surface area contributed by atoms with Gasteiger partial charge in [0.15, 0.2) is 0 Å². The Balaban J connectivity index is 2.35. The molecule has 0 bridgehead atoms. The maximum Gasteiger partial charge on any atom is 0.0207 e. The number of hydrogen-bond acceptors (Lipinski definition) is 1. The Morgan fingerprint density at radius 2 is 2.00 bits per heavy atom. The van der Waals surface area contributed by atoms with E-state index in [0.717, 1.165) is 11.8 Å². The molecule has 1 heteroatoms. The van der Waals surface area contributed by atoms with Gasteiger partial charge in [-0.05, 0) is 45.7 Å². The highest BCUT2D eigenvalue weighted by Crippen LogP contribution is 2.50. The largest absolute Gasteiger partial charge is 0.304 e. The first kappa shape index (κ1) is 9.05. The van der Waals surface area contributed by atoms with Crippen LogP contribution in [-0.4, -0.2) is 24.5 Å². The van der Waals surface area contributed by atoms with Crippen LogP contribution in [0.15, 0.2) is 0 Å². The van der Waals surface area contributed by atoms with Gasteiger partial charge in [0.2, 0.25) is 0 Å². The molecule has 0 heterocycles. The Bertz CT molecular complexity index is 140. The summed E-state index contributed by atoms with van der Waals surface area (Å²) in [5.41, 5.74) is 0.532. The Morgan fingerprint density at radius 3 is 2.27 bits per heavy atom. The van der Waals surface area contributed by atoms with Crippen LogP contribution in [0.1, 0.15) is 33.6 Å². The lowest BCUT2D eigenvalue weighted by Crippen LogP contribution is -2.29. The van der Waals surface area contributed by atoms with Gasteiger partial charge in [0, 0.05) is 5.54 Å². The zero-order valence-electron chi connectivity index (χ0n) is 8.52. The molecule has 0 amide bonds. The molecule has 2 atom stereocenters. The fourth-order valence-corrected chi connectivity index (χ4v) is 1.89. The number of hydrogen-bond donors (Lipinski definition) is 0. The van der Waals surface area contributed by atoms with Gasteiger partial charge >= 0.3 is 0 Å². The van der Waals surface area contributed by atoms with Crippen molar-refractivity contribution in [1.82, 2.24) is 4.90 Å². The molecule has 0 aromatic carbocycles. The topological polar surface area (TPSA) is 3.24 Å². The lowest BCUT2D eigenvalue weighted by atomic mass is 10.0. The van der Waals surface area contributed by atoms with Crippen molar-refractivity contribution in [3.05, 3.63) is 0 Å². The normalized spacial score (nSPS) is 36.8. The van der Waals surface area contributed by atoms with Crippen LogP contribution in [0.5, 0.6) is 0 Å². The van der Waals surface area contributed by atoms with E-state index in [9.17, 15) is 0 Å². The van der Waals surface area contributed by atoms with E-state index in [1.807, 2.05) is 0 Å². The van der Waals surface area contributed by atoms with Gasteiger partial charge in [-0.15, -0.1) is 0 Å². The predicted molar refractivity (Wildman–Crippen MR) is 49.7 cm³/mol. The van der Waals surface area contributed by atoms with E-state index >= 15 is 0 Å². The third-order valence-electron chi connectivity index (χ3n) is 3.16. The summed E-state index contributed by atoms with van der Waals surface area (Å²) in [5.74, 6) is 1.82. The summed E-state index contributed by atoms with van der Waals surface area (Å²) in [6.07, 6.45) is 2.80. The van der Waals surface area contributed by atoms with E-state index in [2.05, 4.69) is 39.8 Å². The van der Waals surface area contributed by atoms with Crippen LogP contribution in [0.2, 0.25) is 0 Å². The van der Waals surface area contributed by atoms with Crippen LogP contribution in [0.4, 0.5) is 0 Å². The minimum atomic E-state index is 0.532. The molecule has 1 nitrogen and oxygen atoms in total. The fraction of sp³-hybridized carbons (Fsp3) is 1.00. The quantitative estimate of drug-likeness (QED) is 0.605. The second kappa shape index (κ2) is 2.78. The van der Waals surface area contributed by atoms with Crippen LogP contribution in [0.25, 0.3) is 0 Å². The molecule has 0 aliphatic heterocycles. The first-order valence-corrected chi connectivity index (χ1v) is 4.64. The molecular formula is C10H21N. The van der Waals surface area contributed by atoms with Gasteiger partial charge in [-0.2, -0.15) is 0 Å². The first-order chi connectivity index (χ1) is 4.97. The molecule has 0 spiro atoms. The fourth-order valence-electron chi connectivity index (χ4n) is 1.89. The maximum absolute atomic E-state index is 2.38. The van der Waals surface area contributed by atoms with Gasteiger partial charge < -0.3 is 4.90 Å². The minimum absolute atomic E-state index is 0.532. The number of rotatable bonds is 3. The zero-order chi connectivity index (χ0) is 8.65. The Labute approximate surface area is 70.8 Å². The van der Waals surface area contributed by atoms with Crippen molar-refractivity contribution in [2.75, 3.05) is 14.1 Å². The third-order valence-corrected chi connectivity index (χ3v) is 3.16. The molecule has 1 saturated carbocycles. The molecule has 0 aromatic heterocycles. The summed E-state index contributed by atoms with van der Waals surface area (Å²) >= 11 is 0. The van der Waals surface area contributed by atoms with Gasteiger partial charge in [-0.1, -0.05) is 13.8 Å². The predicted octanol–water partition coefficient (Wildman–Crippen LogP) is 2.37. The monoisotopic (exact) mass is 155 g/mol. The lowest BCUT2D eigenvalue weighted by molar-refractivity contribution is 0.260. The number of nitrogens with zero attached hydrogens (tertiary/aromatic N) is 1. The molecule has 1 aliphatic rings. The first-order valence-electron chi connectivity index (χ1n) is 4.64. The van der Waals surface area contributed by atoms with Crippen molar-refractivity contribution in [2.24, 2.45) is 11.8 Å². The average Bonchev–Trinajstić information content (AvgIpc) is 2.42. The second-order valence-electron chi connectivity index (χ2n) is 4.78. The molecule has 0 saturated heterocycles. The molecule has 1 aliphatic carbocycles. The van der Waals surface area contributed by atoms with E-state index in [4.69, 9.17) is 0 Å². The van der Waals surface area contributed by atoms with E-state index in [1.165, 1.54) is 12.8 Å². The summed E-state index contributed by atoms with van der Waals surface area (Å²) in [5, 5.41) is 0. The summed E-state index contributed by atoms with van der Waals surface area (Å²) in [4.78, 5) is 2.38. The smallest absolute Gasteiger partial charge is 0.0207 e. The van der Waals surface area contributed by atoms with Crippen molar-refractivity contribution in [3.63, 3.8) is 0 Å². The molecule has 1 fully saturated rings. The highest BCUT2D eigenvalue weighted by atomic mass is 15.2. The van der Waals surface area contributed by atoms with Gasteiger partial charge in [-0.25, -0.2) is 0 Å². The Morgan fingerprint density at radius 1 is 1.45 bits per heavy atom.